The molecule has 0 radical (unpaired) electrons. The van der Waals surface area contributed by atoms with E-state index in [1.54, 1.807) is 6.07 Å². The van der Waals surface area contributed by atoms with Crippen LogP contribution in [-0.2, 0) is 26.0 Å². The molecule has 0 fully saturated rings. The van der Waals surface area contributed by atoms with Gasteiger partial charge in [-0.05, 0) is 12.1 Å². The summed E-state index contributed by atoms with van der Waals surface area (Å²) in [6.45, 7) is 0.00943. The van der Waals surface area contributed by atoms with Gasteiger partial charge in [0.15, 0.2) is 16.4 Å². The van der Waals surface area contributed by atoms with Gasteiger partial charge in [0.25, 0.3) is 5.91 Å². The molecule has 0 unspecified atom stereocenters. The predicted molar refractivity (Wildman–Crippen MR) is 107 cm³/mol. The molecule has 0 atom stereocenters. The minimum atomic E-state index is -3.84. The van der Waals surface area contributed by atoms with Crippen LogP contribution in [0, 0.1) is 0 Å². The first-order valence-electron chi connectivity index (χ1n) is 8.67. The largest absolute Gasteiger partial charge is 0.496 e. The molecule has 154 valence electrons. The Morgan fingerprint density at radius 3 is 2.83 bits per heavy atom. The van der Waals surface area contributed by atoms with Crippen LogP contribution >= 0.6 is 11.6 Å². The van der Waals surface area contributed by atoms with Gasteiger partial charge in [0, 0.05) is 24.6 Å². The first-order chi connectivity index (χ1) is 13.8. The smallest absolute Gasteiger partial charge is 0.262 e. The van der Waals surface area contributed by atoms with Gasteiger partial charge >= 0.3 is 0 Å². The molecule has 2 aromatic carbocycles. The summed E-state index contributed by atoms with van der Waals surface area (Å²) in [5.74, 6) is -0.343. The van der Waals surface area contributed by atoms with Gasteiger partial charge in [-0.15, -0.1) is 0 Å². The SMILES string of the molecule is COc1ccccc1CNC(=O)CCS(=O)(=O)c1cc2c(cc1Cl)NC(=O)CO2. The van der Waals surface area contributed by atoms with Gasteiger partial charge in [0.2, 0.25) is 5.91 Å². The van der Waals surface area contributed by atoms with E-state index in [0.29, 0.717) is 11.4 Å². The second-order valence-electron chi connectivity index (χ2n) is 6.27. The van der Waals surface area contributed by atoms with Crippen molar-refractivity contribution in [2.45, 2.75) is 17.9 Å². The Morgan fingerprint density at radius 2 is 2.07 bits per heavy atom. The lowest BCUT2D eigenvalue weighted by Gasteiger charge is -2.19. The van der Waals surface area contributed by atoms with E-state index in [1.165, 1.54) is 19.2 Å². The van der Waals surface area contributed by atoms with Crippen LogP contribution in [0.1, 0.15) is 12.0 Å². The average molecular weight is 439 g/mol. The number of carbonyl (C=O) groups excluding carboxylic acids is 2. The fourth-order valence-electron chi connectivity index (χ4n) is 2.79. The number of nitrogens with one attached hydrogen (secondary N) is 2. The van der Waals surface area contributed by atoms with Crippen molar-refractivity contribution in [3.63, 3.8) is 0 Å². The highest BCUT2D eigenvalue weighted by atomic mass is 35.5. The third kappa shape index (κ3) is 4.99. The van der Waals surface area contributed by atoms with Crippen molar-refractivity contribution in [1.82, 2.24) is 5.32 Å². The summed E-state index contributed by atoms with van der Waals surface area (Å²) < 4.78 is 35.8. The zero-order valence-corrected chi connectivity index (χ0v) is 17.1. The monoisotopic (exact) mass is 438 g/mol. The minimum absolute atomic E-state index is 0.0519. The van der Waals surface area contributed by atoms with Crippen molar-refractivity contribution in [3.8, 4) is 11.5 Å². The maximum atomic E-state index is 12.7. The van der Waals surface area contributed by atoms with Crippen LogP contribution in [0.5, 0.6) is 11.5 Å². The number of para-hydroxylation sites is 1. The fourth-order valence-corrected chi connectivity index (χ4v) is 4.62. The maximum absolute atomic E-state index is 12.7. The van der Waals surface area contributed by atoms with Crippen LogP contribution in [0.3, 0.4) is 0 Å². The number of fused-ring (bicyclic) bond motifs is 1. The minimum Gasteiger partial charge on any atom is -0.496 e. The van der Waals surface area contributed by atoms with E-state index in [9.17, 15) is 18.0 Å². The van der Waals surface area contributed by atoms with Gasteiger partial charge in [-0.2, -0.15) is 0 Å². The normalized spacial score (nSPS) is 13.1. The molecule has 2 aromatic rings. The molecule has 8 nitrogen and oxygen atoms in total. The van der Waals surface area contributed by atoms with Crippen molar-refractivity contribution in [1.29, 1.82) is 0 Å². The summed E-state index contributed by atoms with van der Waals surface area (Å²) >= 11 is 6.08. The third-order valence-electron chi connectivity index (χ3n) is 4.27. The maximum Gasteiger partial charge on any atom is 0.262 e. The first-order valence-corrected chi connectivity index (χ1v) is 10.7. The average Bonchev–Trinajstić information content (AvgIpc) is 2.70. The molecule has 29 heavy (non-hydrogen) atoms. The highest BCUT2D eigenvalue weighted by molar-refractivity contribution is 7.91. The highest BCUT2D eigenvalue weighted by Gasteiger charge is 2.25. The first kappa shape index (κ1) is 20.9. The molecule has 0 saturated heterocycles. The Bertz CT molecular complexity index is 1050. The van der Waals surface area contributed by atoms with Crippen LogP contribution < -0.4 is 20.1 Å². The number of rotatable bonds is 7. The Balaban J connectivity index is 1.64. The van der Waals surface area contributed by atoms with Gasteiger partial charge in [-0.1, -0.05) is 29.8 Å². The van der Waals surface area contributed by atoms with Crippen LogP contribution in [0.2, 0.25) is 5.02 Å². The Hall–Kier alpha value is -2.78. The topological polar surface area (TPSA) is 111 Å². The molecule has 1 aliphatic rings. The molecule has 3 rings (SSSR count). The predicted octanol–water partition coefficient (Wildman–Crippen LogP) is 2.16. The quantitative estimate of drug-likeness (QED) is 0.685. The summed E-state index contributed by atoms with van der Waals surface area (Å²) in [5.41, 5.74) is 1.09. The molecule has 1 aliphatic heterocycles. The molecule has 0 aromatic heterocycles. The fraction of sp³-hybridized carbons (Fsp3) is 0.263. The summed E-state index contributed by atoms with van der Waals surface area (Å²) in [6.07, 6.45) is -0.234. The molecule has 2 N–H and O–H groups in total. The van der Waals surface area contributed by atoms with E-state index < -0.39 is 21.5 Å². The number of amides is 2. The van der Waals surface area contributed by atoms with Gasteiger partial charge in [-0.3, -0.25) is 9.59 Å². The van der Waals surface area contributed by atoms with E-state index >= 15 is 0 Å². The van der Waals surface area contributed by atoms with Crippen molar-refractivity contribution in [2.24, 2.45) is 0 Å². The van der Waals surface area contributed by atoms with Crippen LogP contribution in [0.4, 0.5) is 5.69 Å². The summed E-state index contributed by atoms with van der Waals surface area (Å²) in [6, 6.07) is 9.79. The lowest BCUT2D eigenvalue weighted by atomic mass is 10.2. The number of halogens is 1. The van der Waals surface area contributed by atoms with Crippen LogP contribution in [-0.4, -0.2) is 39.7 Å². The van der Waals surface area contributed by atoms with Crippen LogP contribution in [0.15, 0.2) is 41.3 Å². The van der Waals surface area contributed by atoms with Gasteiger partial charge in [-0.25, -0.2) is 8.42 Å². The van der Waals surface area contributed by atoms with E-state index in [2.05, 4.69) is 10.6 Å². The van der Waals surface area contributed by atoms with Gasteiger partial charge < -0.3 is 20.1 Å². The second kappa shape index (κ2) is 8.71. The van der Waals surface area contributed by atoms with E-state index in [0.717, 1.165) is 5.56 Å². The summed E-state index contributed by atoms with van der Waals surface area (Å²) in [5, 5.41) is 5.18. The zero-order chi connectivity index (χ0) is 21.0. The number of hydrogen-bond acceptors (Lipinski definition) is 6. The van der Waals surface area contributed by atoms with Crippen molar-refractivity contribution in [2.75, 3.05) is 24.8 Å². The molecule has 0 saturated carbocycles. The number of methoxy groups -OCH3 is 1. The van der Waals surface area contributed by atoms with Crippen LogP contribution in [0.25, 0.3) is 0 Å². The lowest BCUT2D eigenvalue weighted by Crippen LogP contribution is -2.26. The molecular weight excluding hydrogens is 420 g/mol. The van der Waals surface area contributed by atoms with Crippen molar-refractivity contribution in [3.05, 3.63) is 47.0 Å². The van der Waals surface area contributed by atoms with E-state index in [1.807, 2.05) is 18.2 Å². The zero-order valence-electron chi connectivity index (χ0n) is 15.5. The molecule has 0 spiro atoms. The third-order valence-corrected chi connectivity index (χ3v) is 6.44. The van der Waals surface area contributed by atoms with Gasteiger partial charge in [0.1, 0.15) is 11.5 Å². The summed E-state index contributed by atoms with van der Waals surface area (Å²) in [7, 11) is -2.31. The second-order valence-corrected chi connectivity index (χ2v) is 8.76. The van der Waals surface area contributed by atoms with Gasteiger partial charge in [0.05, 0.1) is 28.5 Å². The molecule has 0 aliphatic carbocycles. The number of ether oxygens (including phenoxy) is 2. The number of anilines is 1. The summed E-state index contributed by atoms with van der Waals surface area (Å²) in [4.78, 5) is 23.3. The van der Waals surface area contributed by atoms with Crippen molar-refractivity contribution >= 4 is 38.9 Å². The molecule has 1 heterocycles. The number of carbonyl (C=O) groups is 2. The van der Waals surface area contributed by atoms with E-state index in [-0.39, 0.29) is 41.1 Å². The van der Waals surface area contributed by atoms with Crippen molar-refractivity contribution < 1.29 is 27.5 Å². The molecule has 0 bridgehead atoms. The Labute approximate surface area is 173 Å². The number of hydrogen-bond donors (Lipinski definition) is 2. The standard InChI is InChI=1S/C19H19ClN2O6S/c1-27-15-5-3-2-4-12(15)10-21-18(23)6-7-29(25,26)17-9-16-14(8-13(17)20)22-19(24)11-28-16/h2-5,8-9H,6-7,10-11H2,1H3,(H,21,23)(H,22,24). The Morgan fingerprint density at radius 1 is 1.31 bits per heavy atom. The molecular formula is C19H19ClN2O6S. The number of sulfone groups is 1. The Kier molecular flexibility index (Phi) is 6.29. The number of benzene rings is 2. The van der Waals surface area contributed by atoms with E-state index in [4.69, 9.17) is 21.1 Å². The highest BCUT2D eigenvalue weighted by Crippen LogP contribution is 2.36. The molecule has 10 heteroatoms. The molecule has 2 amide bonds. The lowest BCUT2D eigenvalue weighted by molar-refractivity contribution is -0.121.